The van der Waals surface area contributed by atoms with Crippen molar-refractivity contribution in [3.8, 4) is 0 Å². The topological polar surface area (TPSA) is 83.0 Å². The zero-order valence-corrected chi connectivity index (χ0v) is 15.1. The van der Waals surface area contributed by atoms with Crippen LogP contribution in [0.1, 0.15) is 32.1 Å². The van der Waals surface area contributed by atoms with Crippen LogP contribution in [-0.4, -0.2) is 71.4 Å². The van der Waals surface area contributed by atoms with Gasteiger partial charge in [-0.05, 0) is 31.1 Å². The quantitative estimate of drug-likeness (QED) is 0.491. The van der Waals surface area contributed by atoms with Crippen LogP contribution in [0.15, 0.2) is 4.99 Å². The molecule has 7 nitrogen and oxygen atoms in total. The Kier molecular flexibility index (Phi) is 6.67. The maximum Gasteiger partial charge on any atom is 0.214 e. The van der Waals surface area contributed by atoms with Crippen LogP contribution in [-0.2, 0) is 14.8 Å². The summed E-state index contributed by atoms with van der Waals surface area (Å²) in [6, 6.07) is 0. The van der Waals surface area contributed by atoms with Crippen LogP contribution in [0.3, 0.4) is 0 Å². The van der Waals surface area contributed by atoms with Gasteiger partial charge in [0.25, 0.3) is 0 Å². The van der Waals surface area contributed by atoms with Gasteiger partial charge in [-0.25, -0.2) is 12.7 Å². The Morgan fingerprint density at radius 2 is 2.09 bits per heavy atom. The van der Waals surface area contributed by atoms with Gasteiger partial charge < -0.3 is 15.4 Å². The minimum Gasteiger partial charge on any atom is -0.385 e. The monoisotopic (exact) mass is 346 g/mol. The summed E-state index contributed by atoms with van der Waals surface area (Å²) in [6.07, 6.45) is 5.54. The van der Waals surface area contributed by atoms with Crippen molar-refractivity contribution in [3.63, 3.8) is 0 Å². The van der Waals surface area contributed by atoms with Crippen molar-refractivity contribution < 1.29 is 13.2 Å². The van der Waals surface area contributed by atoms with E-state index in [4.69, 9.17) is 4.74 Å². The molecule has 0 bridgehead atoms. The average molecular weight is 346 g/mol. The van der Waals surface area contributed by atoms with Crippen molar-refractivity contribution in [2.24, 2.45) is 10.4 Å². The maximum atomic E-state index is 11.8. The van der Waals surface area contributed by atoms with Crippen molar-refractivity contribution in [2.45, 2.75) is 32.1 Å². The number of sulfonamides is 1. The summed E-state index contributed by atoms with van der Waals surface area (Å²) in [5.74, 6) is 1.02. The van der Waals surface area contributed by atoms with E-state index in [0.717, 1.165) is 32.0 Å². The van der Waals surface area contributed by atoms with Crippen molar-refractivity contribution >= 4 is 16.0 Å². The van der Waals surface area contributed by atoms with E-state index >= 15 is 0 Å². The summed E-state index contributed by atoms with van der Waals surface area (Å²) in [7, 11) is 0.470. The Morgan fingerprint density at radius 3 is 2.61 bits per heavy atom. The van der Waals surface area contributed by atoms with Gasteiger partial charge in [-0.2, -0.15) is 0 Å². The highest BCUT2D eigenvalue weighted by Crippen LogP contribution is 2.43. The van der Waals surface area contributed by atoms with E-state index in [0.29, 0.717) is 25.0 Å². The molecule has 1 heterocycles. The second-order valence-electron chi connectivity index (χ2n) is 6.52. The number of aliphatic imine (C=N–C) groups is 1. The molecule has 2 aliphatic rings. The minimum atomic E-state index is -3.01. The molecule has 0 radical (unpaired) electrons. The number of nitrogens with zero attached hydrogens (tertiary/aromatic N) is 2. The van der Waals surface area contributed by atoms with Crippen LogP contribution in [0.5, 0.6) is 0 Å². The summed E-state index contributed by atoms with van der Waals surface area (Å²) in [5, 5.41) is 6.60. The second-order valence-corrected chi connectivity index (χ2v) is 8.61. The summed E-state index contributed by atoms with van der Waals surface area (Å²) in [4.78, 5) is 4.23. The molecule has 1 saturated carbocycles. The highest BCUT2D eigenvalue weighted by Gasteiger charge is 2.36. The van der Waals surface area contributed by atoms with E-state index in [1.807, 2.05) is 0 Å². The molecule has 0 aromatic heterocycles. The highest BCUT2D eigenvalue weighted by molar-refractivity contribution is 7.89. The molecule has 0 amide bonds. The molecule has 0 spiro atoms. The van der Waals surface area contributed by atoms with E-state index in [9.17, 15) is 8.42 Å². The Morgan fingerprint density at radius 1 is 1.30 bits per heavy atom. The summed E-state index contributed by atoms with van der Waals surface area (Å²) in [6.45, 7) is 3.39. The Balaban J connectivity index is 1.71. The highest BCUT2D eigenvalue weighted by atomic mass is 32.2. The first-order valence-electron chi connectivity index (χ1n) is 8.43. The number of guanidine groups is 1. The third kappa shape index (κ3) is 5.06. The van der Waals surface area contributed by atoms with Crippen LogP contribution in [0.2, 0.25) is 0 Å². The number of ether oxygens (including phenoxy) is 1. The van der Waals surface area contributed by atoms with Crippen LogP contribution >= 0.6 is 0 Å². The van der Waals surface area contributed by atoms with Gasteiger partial charge in [-0.1, -0.05) is 6.42 Å². The second kappa shape index (κ2) is 8.30. The van der Waals surface area contributed by atoms with E-state index in [-0.39, 0.29) is 5.75 Å². The van der Waals surface area contributed by atoms with Crippen LogP contribution < -0.4 is 10.6 Å². The van der Waals surface area contributed by atoms with Gasteiger partial charge in [0.2, 0.25) is 10.0 Å². The first-order valence-corrected chi connectivity index (χ1v) is 10.0. The summed E-state index contributed by atoms with van der Waals surface area (Å²) < 4.78 is 30.3. The number of hydrogen-bond acceptors (Lipinski definition) is 4. The standard InChI is InChI=1S/C15H30N4O3S/c1-16-14(17-8-10-19-9-4-12-23(19,20)21)18-13-15(5-3-6-15)7-11-22-2/h3-13H2,1-2H3,(H2,16,17,18). The fourth-order valence-corrected chi connectivity index (χ4v) is 4.77. The molecule has 2 rings (SSSR count). The van der Waals surface area contributed by atoms with Gasteiger partial charge in [-0.15, -0.1) is 0 Å². The van der Waals surface area contributed by atoms with Gasteiger partial charge in [0.15, 0.2) is 5.96 Å². The molecule has 0 aromatic carbocycles. The largest absolute Gasteiger partial charge is 0.385 e. The Bertz CT molecular complexity index is 503. The number of rotatable bonds is 8. The van der Waals surface area contributed by atoms with Crippen LogP contribution in [0, 0.1) is 5.41 Å². The van der Waals surface area contributed by atoms with E-state index in [1.165, 1.54) is 19.3 Å². The van der Waals surface area contributed by atoms with Crippen LogP contribution in [0.4, 0.5) is 0 Å². The fraction of sp³-hybridized carbons (Fsp3) is 0.933. The third-order valence-corrected chi connectivity index (χ3v) is 6.92. The van der Waals surface area contributed by atoms with Gasteiger partial charge in [0, 0.05) is 46.9 Å². The SMILES string of the molecule is CN=C(NCCN1CCCS1(=O)=O)NCC1(CCOC)CCC1. The number of hydrogen-bond donors (Lipinski definition) is 2. The Hall–Kier alpha value is -0.860. The first kappa shape index (κ1) is 18.5. The number of nitrogens with one attached hydrogen (secondary N) is 2. The molecule has 1 saturated heterocycles. The molecule has 134 valence electrons. The summed E-state index contributed by atoms with van der Waals surface area (Å²) >= 11 is 0. The zero-order chi connectivity index (χ0) is 16.8. The molecule has 1 aliphatic carbocycles. The maximum absolute atomic E-state index is 11.8. The van der Waals surface area contributed by atoms with E-state index in [1.54, 1.807) is 18.5 Å². The molecule has 0 unspecified atom stereocenters. The lowest BCUT2D eigenvalue weighted by atomic mass is 9.67. The van der Waals surface area contributed by atoms with Crippen molar-refractivity contribution in [1.29, 1.82) is 0 Å². The van der Waals surface area contributed by atoms with E-state index in [2.05, 4.69) is 15.6 Å². The van der Waals surface area contributed by atoms with Crippen molar-refractivity contribution in [3.05, 3.63) is 0 Å². The lowest BCUT2D eigenvalue weighted by Gasteiger charge is -2.42. The molecule has 1 aliphatic heterocycles. The molecule has 8 heteroatoms. The Labute approximate surface area is 139 Å². The van der Waals surface area contributed by atoms with E-state index < -0.39 is 10.0 Å². The molecule has 23 heavy (non-hydrogen) atoms. The van der Waals surface area contributed by atoms with Crippen molar-refractivity contribution in [1.82, 2.24) is 14.9 Å². The average Bonchev–Trinajstić information content (AvgIpc) is 2.82. The smallest absolute Gasteiger partial charge is 0.214 e. The first-order chi connectivity index (χ1) is 11.0. The lowest BCUT2D eigenvalue weighted by Crippen LogP contribution is -2.48. The van der Waals surface area contributed by atoms with Gasteiger partial charge in [0.1, 0.15) is 0 Å². The third-order valence-electron chi connectivity index (χ3n) is 4.96. The number of methoxy groups -OCH3 is 1. The molecular formula is C15H30N4O3S. The lowest BCUT2D eigenvalue weighted by molar-refractivity contribution is 0.0732. The van der Waals surface area contributed by atoms with Gasteiger partial charge in [-0.3, -0.25) is 4.99 Å². The van der Waals surface area contributed by atoms with Crippen LogP contribution in [0.25, 0.3) is 0 Å². The van der Waals surface area contributed by atoms with Gasteiger partial charge in [0.05, 0.1) is 5.75 Å². The predicted octanol–water partition coefficient (Wildman–Crippen LogP) is 0.394. The molecular weight excluding hydrogens is 316 g/mol. The zero-order valence-electron chi connectivity index (χ0n) is 14.3. The molecule has 0 atom stereocenters. The van der Waals surface area contributed by atoms with Gasteiger partial charge >= 0.3 is 0 Å². The summed E-state index contributed by atoms with van der Waals surface area (Å²) in [5.41, 5.74) is 0.325. The fourth-order valence-electron chi connectivity index (χ4n) is 3.24. The molecule has 2 fully saturated rings. The normalized spacial score (nSPS) is 23.5. The predicted molar refractivity (Wildman–Crippen MR) is 92.1 cm³/mol. The minimum absolute atomic E-state index is 0.280. The molecule has 2 N–H and O–H groups in total. The van der Waals surface area contributed by atoms with Crippen molar-refractivity contribution in [2.75, 3.05) is 52.7 Å². The molecule has 0 aromatic rings.